The number of nitrogens with two attached hydrogens (primary N) is 1. The molecule has 1 aliphatic heterocycles. The maximum absolute atomic E-state index is 11.2. The summed E-state index contributed by atoms with van der Waals surface area (Å²) in [6.07, 6.45) is -0.960. The molecule has 1 aromatic heterocycles. The molecule has 0 saturated carbocycles. The first-order valence-corrected chi connectivity index (χ1v) is 6.66. The minimum absolute atomic E-state index is 0.177. The van der Waals surface area contributed by atoms with Crippen molar-refractivity contribution in [2.75, 3.05) is 5.73 Å². The van der Waals surface area contributed by atoms with Crippen LogP contribution in [0.4, 0.5) is 10.7 Å². The number of rotatable bonds is 1. The molecule has 1 aliphatic rings. The molecule has 3 N–H and O–H groups in total. The molecule has 6 nitrogen and oxygen atoms in total. The fourth-order valence-electron chi connectivity index (χ4n) is 2.71. The number of anilines is 1. The Labute approximate surface area is 122 Å². The summed E-state index contributed by atoms with van der Waals surface area (Å²) in [4.78, 5) is 21.0. The predicted octanol–water partition coefficient (Wildman–Crippen LogP) is 2.34. The lowest BCUT2D eigenvalue weighted by Gasteiger charge is -2.11. The standard InChI is InChI=1S/C15H16N4O2/c1-8-3-4-10(9(2)5-8)13-11-6-19(15(20)21)7-12(11)17-14(16)18-13/h3-5H,6-7H2,1-2H3,(H,20,21)(H2,16,17,18). The zero-order valence-electron chi connectivity index (χ0n) is 11.9. The number of amides is 1. The van der Waals surface area contributed by atoms with E-state index in [2.05, 4.69) is 16.0 Å². The number of carboxylic acid groups (broad SMARTS) is 1. The van der Waals surface area contributed by atoms with Crippen molar-refractivity contribution >= 4 is 12.0 Å². The molecule has 0 fully saturated rings. The van der Waals surface area contributed by atoms with Gasteiger partial charge in [-0.3, -0.25) is 4.90 Å². The Balaban J connectivity index is 2.15. The van der Waals surface area contributed by atoms with Crippen molar-refractivity contribution in [3.63, 3.8) is 0 Å². The summed E-state index contributed by atoms with van der Waals surface area (Å²) >= 11 is 0. The Bertz CT molecular complexity index is 743. The molecule has 1 aromatic carbocycles. The van der Waals surface area contributed by atoms with E-state index in [0.29, 0.717) is 12.2 Å². The first kappa shape index (κ1) is 13.4. The summed E-state index contributed by atoms with van der Waals surface area (Å²) in [5, 5.41) is 9.15. The molecule has 0 aliphatic carbocycles. The first-order valence-electron chi connectivity index (χ1n) is 6.66. The molecule has 0 unspecified atom stereocenters. The normalized spacial score (nSPS) is 13.3. The van der Waals surface area contributed by atoms with E-state index in [0.717, 1.165) is 22.4 Å². The maximum atomic E-state index is 11.2. The van der Waals surface area contributed by atoms with E-state index in [-0.39, 0.29) is 12.5 Å². The predicted molar refractivity (Wildman–Crippen MR) is 78.6 cm³/mol. The average molecular weight is 284 g/mol. The fourth-order valence-corrected chi connectivity index (χ4v) is 2.71. The average Bonchev–Trinajstić information content (AvgIpc) is 2.82. The van der Waals surface area contributed by atoms with Crippen LogP contribution in [0.25, 0.3) is 11.3 Å². The molecule has 0 bridgehead atoms. The number of nitrogens with zero attached hydrogens (tertiary/aromatic N) is 3. The molecule has 0 atom stereocenters. The zero-order chi connectivity index (χ0) is 15.1. The number of fused-ring (bicyclic) bond motifs is 1. The summed E-state index contributed by atoms with van der Waals surface area (Å²) in [7, 11) is 0. The van der Waals surface area contributed by atoms with Gasteiger partial charge < -0.3 is 10.8 Å². The Morgan fingerprint density at radius 1 is 1.29 bits per heavy atom. The van der Waals surface area contributed by atoms with Gasteiger partial charge in [-0.15, -0.1) is 0 Å². The van der Waals surface area contributed by atoms with Crippen molar-refractivity contribution in [1.29, 1.82) is 0 Å². The van der Waals surface area contributed by atoms with Crippen molar-refractivity contribution in [3.05, 3.63) is 40.6 Å². The van der Waals surface area contributed by atoms with Gasteiger partial charge in [-0.1, -0.05) is 23.8 Å². The van der Waals surface area contributed by atoms with E-state index >= 15 is 0 Å². The highest BCUT2D eigenvalue weighted by Crippen LogP contribution is 2.32. The van der Waals surface area contributed by atoms with E-state index < -0.39 is 6.09 Å². The molecule has 1 amide bonds. The minimum atomic E-state index is -0.960. The van der Waals surface area contributed by atoms with Gasteiger partial charge in [-0.25, -0.2) is 14.8 Å². The van der Waals surface area contributed by atoms with Gasteiger partial charge in [0.05, 0.1) is 24.5 Å². The van der Waals surface area contributed by atoms with Gasteiger partial charge in [0.15, 0.2) is 0 Å². The number of carbonyl (C=O) groups is 1. The zero-order valence-corrected chi connectivity index (χ0v) is 11.9. The lowest BCUT2D eigenvalue weighted by molar-refractivity contribution is 0.145. The highest BCUT2D eigenvalue weighted by molar-refractivity contribution is 5.72. The van der Waals surface area contributed by atoms with Crippen LogP contribution in [0.1, 0.15) is 22.4 Å². The molecular weight excluding hydrogens is 268 g/mol. The highest BCUT2D eigenvalue weighted by Gasteiger charge is 2.28. The van der Waals surface area contributed by atoms with E-state index in [1.807, 2.05) is 26.0 Å². The quantitative estimate of drug-likeness (QED) is 0.838. The van der Waals surface area contributed by atoms with Crippen LogP contribution in [0, 0.1) is 13.8 Å². The lowest BCUT2D eigenvalue weighted by atomic mass is 9.99. The second-order valence-electron chi connectivity index (χ2n) is 5.31. The molecule has 3 rings (SSSR count). The summed E-state index contributed by atoms with van der Waals surface area (Å²) in [5.74, 6) is 0.177. The van der Waals surface area contributed by atoms with Gasteiger partial charge in [0.1, 0.15) is 0 Å². The Kier molecular flexibility index (Phi) is 3.01. The minimum Gasteiger partial charge on any atom is -0.465 e. The van der Waals surface area contributed by atoms with E-state index in [4.69, 9.17) is 10.8 Å². The second kappa shape index (κ2) is 4.73. The van der Waals surface area contributed by atoms with Crippen LogP contribution in [-0.4, -0.2) is 26.1 Å². The summed E-state index contributed by atoms with van der Waals surface area (Å²) in [6, 6.07) is 6.08. The first-order chi connectivity index (χ1) is 9.95. The largest absolute Gasteiger partial charge is 0.465 e. The Hall–Kier alpha value is -2.63. The number of nitrogen functional groups attached to an aromatic ring is 1. The summed E-state index contributed by atoms with van der Waals surface area (Å²) in [5.41, 5.74) is 11.3. The van der Waals surface area contributed by atoms with Gasteiger partial charge in [0.25, 0.3) is 0 Å². The fraction of sp³-hybridized carbons (Fsp3) is 0.267. The van der Waals surface area contributed by atoms with Gasteiger partial charge >= 0.3 is 6.09 Å². The lowest BCUT2D eigenvalue weighted by Crippen LogP contribution is -2.22. The van der Waals surface area contributed by atoms with Gasteiger partial charge in [-0.2, -0.15) is 0 Å². The number of hydrogen-bond acceptors (Lipinski definition) is 4. The number of aromatic nitrogens is 2. The van der Waals surface area contributed by atoms with Crippen molar-refractivity contribution in [2.45, 2.75) is 26.9 Å². The van der Waals surface area contributed by atoms with Crippen molar-refractivity contribution < 1.29 is 9.90 Å². The topological polar surface area (TPSA) is 92.3 Å². The van der Waals surface area contributed by atoms with Crippen LogP contribution in [0.3, 0.4) is 0 Å². The molecule has 6 heteroatoms. The summed E-state index contributed by atoms with van der Waals surface area (Å²) in [6.45, 7) is 4.60. The third-order valence-electron chi connectivity index (χ3n) is 3.71. The van der Waals surface area contributed by atoms with E-state index in [9.17, 15) is 4.79 Å². The Morgan fingerprint density at radius 2 is 2.05 bits per heavy atom. The summed E-state index contributed by atoms with van der Waals surface area (Å²) < 4.78 is 0. The van der Waals surface area contributed by atoms with Crippen LogP contribution in [-0.2, 0) is 13.1 Å². The maximum Gasteiger partial charge on any atom is 0.407 e. The molecule has 0 radical (unpaired) electrons. The van der Waals surface area contributed by atoms with Gasteiger partial charge in [-0.05, 0) is 19.4 Å². The van der Waals surface area contributed by atoms with Gasteiger partial charge in [0.2, 0.25) is 5.95 Å². The Morgan fingerprint density at radius 3 is 2.71 bits per heavy atom. The SMILES string of the molecule is Cc1ccc(-c2nc(N)nc3c2CN(C(=O)O)C3)c(C)c1. The second-order valence-corrected chi connectivity index (χ2v) is 5.31. The third kappa shape index (κ3) is 2.29. The monoisotopic (exact) mass is 284 g/mol. The van der Waals surface area contributed by atoms with Crippen molar-refractivity contribution in [1.82, 2.24) is 14.9 Å². The van der Waals surface area contributed by atoms with Gasteiger partial charge in [0, 0.05) is 11.1 Å². The molecule has 21 heavy (non-hydrogen) atoms. The van der Waals surface area contributed by atoms with E-state index in [1.165, 1.54) is 10.5 Å². The van der Waals surface area contributed by atoms with E-state index in [1.54, 1.807) is 0 Å². The van der Waals surface area contributed by atoms with Crippen LogP contribution < -0.4 is 5.73 Å². The molecule has 0 saturated heterocycles. The number of aryl methyl sites for hydroxylation is 2. The smallest absolute Gasteiger partial charge is 0.407 e. The van der Waals surface area contributed by atoms with Crippen LogP contribution in [0.15, 0.2) is 18.2 Å². The van der Waals surface area contributed by atoms with Crippen molar-refractivity contribution in [2.24, 2.45) is 0 Å². The molecule has 108 valence electrons. The van der Waals surface area contributed by atoms with Crippen LogP contribution in [0.5, 0.6) is 0 Å². The molecular formula is C15H16N4O2. The highest BCUT2D eigenvalue weighted by atomic mass is 16.4. The van der Waals surface area contributed by atoms with Crippen LogP contribution >= 0.6 is 0 Å². The number of benzene rings is 1. The molecule has 0 spiro atoms. The number of hydrogen-bond donors (Lipinski definition) is 2. The molecule has 2 aromatic rings. The van der Waals surface area contributed by atoms with Crippen LogP contribution in [0.2, 0.25) is 0 Å². The van der Waals surface area contributed by atoms with Crippen molar-refractivity contribution in [3.8, 4) is 11.3 Å². The molecule has 2 heterocycles. The third-order valence-corrected chi connectivity index (χ3v) is 3.71.